The molecule has 1 aliphatic rings. The molecule has 1 saturated heterocycles. The Bertz CT molecular complexity index is 729. The van der Waals surface area contributed by atoms with Crippen molar-refractivity contribution in [2.45, 2.75) is 32.2 Å². The van der Waals surface area contributed by atoms with E-state index in [0.29, 0.717) is 25.5 Å². The molecule has 0 saturated carbocycles. The second-order valence-corrected chi connectivity index (χ2v) is 8.05. The van der Waals surface area contributed by atoms with Gasteiger partial charge >= 0.3 is 0 Å². The molecule has 1 N–H and O–H groups in total. The molecule has 0 bridgehead atoms. The third kappa shape index (κ3) is 5.59. The van der Waals surface area contributed by atoms with Gasteiger partial charge in [-0.05, 0) is 35.2 Å². The number of hydrogen-bond acceptors (Lipinski definition) is 5. The Morgan fingerprint density at radius 3 is 2.50 bits per heavy atom. The van der Waals surface area contributed by atoms with Gasteiger partial charge in [-0.2, -0.15) is 0 Å². The average Bonchev–Trinajstić information content (AvgIpc) is 3.21. The molecule has 1 aromatic carbocycles. The van der Waals surface area contributed by atoms with Crippen molar-refractivity contribution in [2.75, 3.05) is 39.5 Å². The maximum Gasteiger partial charge on any atom is 0.258 e. The summed E-state index contributed by atoms with van der Waals surface area (Å²) in [6, 6.07) is 11.7. The first-order valence-electron chi connectivity index (χ1n) is 9.79. The van der Waals surface area contributed by atoms with Gasteiger partial charge in [0, 0.05) is 19.6 Å². The van der Waals surface area contributed by atoms with E-state index in [4.69, 9.17) is 13.9 Å². The molecule has 0 aliphatic carbocycles. The fraction of sp³-hybridized carbons (Fsp3) is 0.500. The van der Waals surface area contributed by atoms with E-state index in [-0.39, 0.29) is 24.0 Å². The van der Waals surface area contributed by atoms with Crippen molar-refractivity contribution in [3.8, 4) is 5.75 Å². The molecule has 28 heavy (non-hydrogen) atoms. The van der Waals surface area contributed by atoms with Crippen molar-refractivity contribution in [1.82, 2.24) is 10.2 Å². The second kappa shape index (κ2) is 9.26. The number of benzene rings is 1. The van der Waals surface area contributed by atoms with Gasteiger partial charge in [0.15, 0.2) is 6.61 Å². The lowest BCUT2D eigenvalue weighted by Crippen LogP contribution is -2.44. The molecule has 1 aromatic heterocycles. The Labute approximate surface area is 166 Å². The molecular weight excluding hydrogens is 356 g/mol. The van der Waals surface area contributed by atoms with Crippen molar-refractivity contribution in [3.05, 3.63) is 54.0 Å². The molecule has 0 unspecified atom stereocenters. The van der Waals surface area contributed by atoms with E-state index in [9.17, 15) is 4.79 Å². The smallest absolute Gasteiger partial charge is 0.258 e. The van der Waals surface area contributed by atoms with Crippen LogP contribution < -0.4 is 10.1 Å². The van der Waals surface area contributed by atoms with Crippen molar-refractivity contribution in [2.24, 2.45) is 0 Å². The van der Waals surface area contributed by atoms with E-state index in [1.54, 1.807) is 6.26 Å². The lowest BCUT2D eigenvalue weighted by Gasteiger charge is -2.33. The highest BCUT2D eigenvalue weighted by molar-refractivity contribution is 5.77. The fourth-order valence-electron chi connectivity index (χ4n) is 3.24. The summed E-state index contributed by atoms with van der Waals surface area (Å²) in [5.41, 5.74) is 1.33. The molecule has 0 radical (unpaired) electrons. The number of morpholine rings is 1. The van der Waals surface area contributed by atoms with Crippen LogP contribution in [0.1, 0.15) is 38.1 Å². The Morgan fingerprint density at radius 2 is 1.89 bits per heavy atom. The molecule has 2 aromatic rings. The molecule has 1 fully saturated rings. The first kappa shape index (κ1) is 20.4. The van der Waals surface area contributed by atoms with E-state index in [1.165, 1.54) is 5.56 Å². The van der Waals surface area contributed by atoms with Crippen LogP contribution in [0, 0.1) is 0 Å². The van der Waals surface area contributed by atoms with Crippen LogP contribution in [0.3, 0.4) is 0 Å². The number of rotatable bonds is 7. The number of nitrogens with zero attached hydrogens (tertiary/aromatic N) is 1. The summed E-state index contributed by atoms with van der Waals surface area (Å²) in [5, 5.41) is 2.97. The number of amides is 1. The Morgan fingerprint density at radius 1 is 1.18 bits per heavy atom. The van der Waals surface area contributed by atoms with Gasteiger partial charge in [0.05, 0.1) is 25.5 Å². The molecule has 3 rings (SSSR count). The number of hydrogen-bond donors (Lipinski definition) is 1. The van der Waals surface area contributed by atoms with Crippen LogP contribution in [0.2, 0.25) is 0 Å². The summed E-state index contributed by atoms with van der Waals surface area (Å²) in [6.45, 7) is 9.98. The molecule has 2 heterocycles. The zero-order valence-electron chi connectivity index (χ0n) is 16.9. The third-order valence-corrected chi connectivity index (χ3v) is 4.94. The number of carbonyl (C=O) groups is 1. The molecule has 1 atom stereocenters. The van der Waals surface area contributed by atoms with Gasteiger partial charge < -0.3 is 19.2 Å². The summed E-state index contributed by atoms with van der Waals surface area (Å²) in [7, 11) is 0. The number of ether oxygens (including phenoxy) is 2. The topological polar surface area (TPSA) is 63.9 Å². The van der Waals surface area contributed by atoms with Gasteiger partial charge in [-0.3, -0.25) is 9.69 Å². The van der Waals surface area contributed by atoms with Crippen molar-refractivity contribution < 1.29 is 18.7 Å². The summed E-state index contributed by atoms with van der Waals surface area (Å²) < 4.78 is 16.6. The molecule has 6 heteroatoms. The maximum absolute atomic E-state index is 12.3. The minimum Gasteiger partial charge on any atom is -0.484 e. The van der Waals surface area contributed by atoms with Crippen molar-refractivity contribution in [1.29, 1.82) is 0 Å². The maximum atomic E-state index is 12.3. The molecule has 152 valence electrons. The molecular formula is C22H30N2O4. The quantitative estimate of drug-likeness (QED) is 0.792. The van der Waals surface area contributed by atoms with Gasteiger partial charge in [0.25, 0.3) is 5.91 Å². The highest BCUT2D eigenvalue weighted by Crippen LogP contribution is 2.24. The Balaban J connectivity index is 1.50. The lowest BCUT2D eigenvalue weighted by atomic mass is 9.87. The monoisotopic (exact) mass is 386 g/mol. The van der Waals surface area contributed by atoms with Gasteiger partial charge in [0.2, 0.25) is 0 Å². The van der Waals surface area contributed by atoms with Gasteiger partial charge in [-0.25, -0.2) is 0 Å². The highest BCUT2D eigenvalue weighted by atomic mass is 16.5. The van der Waals surface area contributed by atoms with Crippen molar-refractivity contribution >= 4 is 5.91 Å². The largest absolute Gasteiger partial charge is 0.484 e. The fourth-order valence-corrected chi connectivity index (χ4v) is 3.24. The minimum absolute atomic E-state index is 0.00563. The van der Waals surface area contributed by atoms with E-state index in [2.05, 4.69) is 31.0 Å². The zero-order chi connectivity index (χ0) is 20.0. The molecule has 0 spiro atoms. The minimum atomic E-state index is -0.148. The van der Waals surface area contributed by atoms with Gasteiger partial charge in [-0.15, -0.1) is 0 Å². The van der Waals surface area contributed by atoms with Crippen molar-refractivity contribution in [3.63, 3.8) is 0 Å². The van der Waals surface area contributed by atoms with Crippen LogP contribution in [0.4, 0.5) is 0 Å². The first-order chi connectivity index (χ1) is 13.4. The first-order valence-corrected chi connectivity index (χ1v) is 9.79. The second-order valence-electron chi connectivity index (χ2n) is 8.05. The Hall–Kier alpha value is -2.31. The molecule has 1 aliphatic heterocycles. The summed E-state index contributed by atoms with van der Waals surface area (Å²) in [4.78, 5) is 14.6. The van der Waals surface area contributed by atoms with Crippen LogP contribution in [-0.2, 0) is 14.9 Å². The standard InChI is InChI=1S/C22H30N2O4/c1-22(2,3)17-6-8-18(9-7-17)28-16-21(25)23-15-19(20-5-4-12-27-20)24-10-13-26-14-11-24/h4-9,12,19H,10-11,13-16H2,1-3H3,(H,23,25)/t19-/m1/s1. The van der Waals surface area contributed by atoms with Crippen LogP contribution >= 0.6 is 0 Å². The van der Waals surface area contributed by atoms with E-state index in [0.717, 1.165) is 18.8 Å². The van der Waals surface area contributed by atoms with Crippen LogP contribution in [0.15, 0.2) is 47.1 Å². The normalized spacial score (nSPS) is 16.5. The van der Waals surface area contributed by atoms with E-state index in [1.807, 2.05) is 36.4 Å². The van der Waals surface area contributed by atoms with Crippen LogP contribution in [-0.4, -0.2) is 50.3 Å². The SMILES string of the molecule is CC(C)(C)c1ccc(OCC(=O)NC[C@H](c2ccco2)N2CCOCC2)cc1. The number of nitrogens with one attached hydrogen (secondary N) is 1. The van der Waals surface area contributed by atoms with Gasteiger partial charge in [-0.1, -0.05) is 32.9 Å². The van der Waals surface area contributed by atoms with E-state index >= 15 is 0 Å². The van der Waals surface area contributed by atoms with Gasteiger partial charge in [0.1, 0.15) is 11.5 Å². The number of furan rings is 1. The summed E-state index contributed by atoms with van der Waals surface area (Å²) >= 11 is 0. The predicted octanol–water partition coefficient (Wildman–Crippen LogP) is 3.15. The predicted molar refractivity (Wildman–Crippen MR) is 107 cm³/mol. The zero-order valence-corrected chi connectivity index (χ0v) is 16.9. The third-order valence-electron chi connectivity index (χ3n) is 4.94. The highest BCUT2D eigenvalue weighted by Gasteiger charge is 2.25. The Kier molecular flexibility index (Phi) is 6.75. The molecule has 6 nitrogen and oxygen atoms in total. The lowest BCUT2D eigenvalue weighted by molar-refractivity contribution is -0.123. The van der Waals surface area contributed by atoms with Crippen LogP contribution in [0.25, 0.3) is 0 Å². The summed E-state index contributed by atoms with van der Waals surface area (Å²) in [6.07, 6.45) is 1.66. The van der Waals surface area contributed by atoms with E-state index < -0.39 is 0 Å². The van der Waals surface area contributed by atoms with Crippen LogP contribution in [0.5, 0.6) is 5.75 Å². The average molecular weight is 386 g/mol. The number of carbonyl (C=O) groups excluding carboxylic acids is 1. The molecule has 1 amide bonds. The summed E-state index contributed by atoms with van der Waals surface area (Å²) in [5.74, 6) is 1.39.